The Bertz CT molecular complexity index is 815. The Morgan fingerprint density at radius 2 is 1.48 bits per heavy atom. The topological polar surface area (TPSA) is 72.5 Å². The second kappa shape index (κ2) is 6.62. The van der Waals surface area contributed by atoms with Gasteiger partial charge in [0.15, 0.2) is 11.5 Å². The molecule has 2 heterocycles. The van der Waals surface area contributed by atoms with Gasteiger partial charge in [0, 0.05) is 11.8 Å². The van der Waals surface area contributed by atoms with E-state index in [1.54, 1.807) is 30.3 Å². The first-order chi connectivity index (χ1) is 11.2. The first-order valence-corrected chi connectivity index (χ1v) is 6.94. The predicted octanol–water partition coefficient (Wildman–Crippen LogP) is 3.93. The van der Waals surface area contributed by atoms with Gasteiger partial charge in [-0.2, -0.15) is 0 Å². The number of allylic oxidation sites excluding steroid dienone is 2. The fraction of sp³-hybridized carbons (Fsp3) is 0. The molecule has 0 radical (unpaired) electrons. The highest BCUT2D eigenvalue weighted by Crippen LogP contribution is 2.15. The van der Waals surface area contributed by atoms with Crippen molar-refractivity contribution in [2.75, 3.05) is 5.32 Å². The molecule has 23 heavy (non-hydrogen) atoms. The molecule has 0 fully saturated rings. The van der Waals surface area contributed by atoms with E-state index in [9.17, 15) is 9.59 Å². The van der Waals surface area contributed by atoms with E-state index in [1.165, 1.54) is 24.7 Å². The zero-order chi connectivity index (χ0) is 16.1. The van der Waals surface area contributed by atoms with E-state index >= 15 is 0 Å². The number of ketones is 2. The van der Waals surface area contributed by atoms with E-state index in [0.717, 1.165) is 0 Å². The van der Waals surface area contributed by atoms with E-state index < -0.39 is 11.6 Å². The highest BCUT2D eigenvalue weighted by atomic mass is 16.3. The average molecular weight is 307 g/mol. The summed E-state index contributed by atoms with van der Waals surface area (Å²) in [7, 11) is 0. The molecule has 0 aliphatic heterocycles. The molecule has 0 bridgehead atoms. The fourth-order valence-corrected chi connectivity index (χ4v) is 2.00. The molecule has 0 amide bonds. The van der Waals surface area contributed by atoms with Gasteiger partial charge in [-0.05, 0) is 36.4 Å². The van der Waals surface area contributed by atoms with Gasteiger partial charge in [-0.3, -0.25) is 9.59 Å². The van der Waals surface area contributed by atoms with Gasteiger partial charge >= 0.3 is 0 Å². The lowest BCUT2D eigenvalue weighted by atomic mass is 10.1. The second-order valence-electron chi connectivity index (χ2n) is 4.70. The van der Waals surface area contributed by atoms with Crippen molar-refractivity contribution in [2.24, 2.45) is 0 Å². The molecule has 0 spiro atoms. The largest absolute Gasteiger partial charge is 0.461 e. The number of hydrogen-bond donors (Lipinski definition) is 1. The number of Topliss-reactive ketones (excluding diaryl/α,β-unsaturated/α-hetero) is 1. The molecule has 0 aliphatic carbocycles. The van der Waals surface area contributed by atoms with E-state index in [2.05, 4.69) is 5.32 Å². The van der Waals surface area contributed by atoms with E-state index in [1.807, 2.05) is 18.2 Å². The van der Waals surface area contributed by atoms with Crippen LogP contribution in [0.15, 0.2) is 87.7 Å². The van der Waals surface area contributed by atoms with Crippen LogP contribution in [0, 0.1) is 0 Å². The fourth-order valence-electron chi connectivity index (χ4n) is 2.00. The minimum absolute atomic E-state index is 0.104. The number of carbonyl (C=O) groups excluding carboxylic acids is 2. The van der Waals surface area contributed by atoms with Crippen LogP contribution < -0.4 is 5.32 Å². The van der Waals surface area contributed by atoms with Crippen molar-refractivity contribution in [1.29, 1.82) is 0 Å². The SMILES string of the molecule is O=C(/C=C(\Nc1ccccc1)C(=O)c1ccco1)c1ccco1. The molecule has 0 saturated carbocycles. The minimum Gasteiger partial charge on any atom is -0.461 e. The summed E-state index contributed by atoms with van der Waals surface area (Å²) in [6.45, 7) is 0. The van der Waals surface area contributed by atoms with Crippen molar-refractivity contribution in [3.05, 3.63) is 90.4 Å². The van der Waals surface area contributed by atoms with E-state index in [4.69, 9.17) is 8.83 Å². The quantitative estimate of drug-likeness (QED) is 0.551. The Hall–Kier alpha value is -3.34. The maximum Gasteiger partial charge on any atom is 0.244 e. The van der Waals surface area contributed by atoms with Gasteiger partial charge in [-0.15, -0.1) is 0 Å². The third-order valence-corrected chi connectivity index (χ3v) is 3.08. The van der Waals surface area contributed by atoms with E-state index in [-0.39, 0.29) is 17.2 Å². The predicted molar refractivity (Wildman–Crippen MR) is 84.2 cm³/mol. The molecule has 1 N–H and O–H groups in total. The number of benzene rings is 1. The molecule has 0 atom stereocenters. The summed E-state index contributed by atoms with van der Waals surface area (Å²) >= 11 is 0. The van der Waals surface area contributed by atoms with Crippen molar-refractivity contribution < 1.29 is 18.4 Å². The number of anilines is 1. The average Bonchev–Trinajstić information content (AvgIpc) is 3.27. The third-order valence-electron chi connectivity index (χ3n) is 3.08. The smallest absolute Gasteiger partial charge is 0.244 e. The lowest BCUT2D eigenvalue weighted by molar-refractivity contribution is 0.0984. The number of hydrogen-bond acceptors (Lipinski definition) is 5. The summed E-state index contributed by atoms with van der Waals surface area (Å²) in [6.07, 6.45) is 4.01. The Morgan fingerprint density at radius 1 is 0.826 bits per heavy atom. The molecule has 0 unspecified atom stereocenters. The summed E-state index contributed by atoms with van der Waals surface area (Å²) in [6, 6.07) is 15.4. The van der Waals surface area contributed by atoms with Gasteiger partial charge in [-0.25, -0.2) is 0 Å². The molecule has 114 valence electrons. The van der Waals surface area contributed by atoms with Crippen LogP contribution in [0.5, 0.6) is 0 Å². The lowest BCUT2D eigenvalue weighted by Gasteiger charge is -2.08. The summed E-state index contributed by atoms with van der Waals surface area (Å²) in [5, 5.41) is 2.95. The highest BCUT2D eigenvalue weighted by Gasteiger charge is 2.18. The highest BCUT2D eigenvalue weighted by molar-refractivity contribution is 6.14. The number of para-hydroxylation sites is 1. The normalized spacial score (nSPS) is 11.2. The Labute approximate surface area is 132 Å². The zero-order valence-electron chi connectivity index (χ0n) is 12.1. The van der Waals surface area contributed by atoms with Crippen LogP contribution >= 0.6 is 0 Å². The first kappa shape index (κ1) is 14.6. The van der Waals surface area contributed by atoms with Gasteiger partial charge < -0.3 is 14.2 Å². The number of rotatable bonds is 6. The van der Waals surface area contributed by atoms with Gasteiger partial charge in [0.2, 0.25) is 11.6 Å². The summed E-state index contributed by atoms with van der Waals surface area (Å²) in [5.74, 6) is -0.524. The van der Waals surface area contributed by atoms with Crippen LogP contribution in [0.25, 0.3) is 0 Å². The monoisotopic (exact) mass is 307 g/mol. The number of nitrogens with one attached hydrogen (secondary N) is 1. The van der Waals surface area contributed by atoms with Crippen LogP contribution in [-0.4, -0.2) is 11.6 Å². The zero-order valence-corrected chi connectivity index (χ0v) is 12.1. The summed E-state index contributed by atoms with van der Waals surface area (Å²) < 4.78 is 10.2. The molecule has 3 rings (SSSR count). The Kier molecular flexibility index (Phi) is 4.20. The molecule has 5 nitrogen and oxygen atoms in total. The maximum absolute atomic E-state index is 12.5. The standard InChI is InChI=1S/C18H13NO4/c20-15(16-8-4-10-22-16)12-14(18(21)17-9-5-11-23-17)19-13-6-2-1-3-7-13/h1-12,19H/b14-12-. The van der Waals surface area contributed by atoms with Crippen LogP contribution in [0.2, 0.25) is 0 Å². The van der Waals surface area contributed by atoms with Gasteiger partial charge in [0.1, 0.15) is 0 Å². The van der Waals surface area contributed by atoms with Crippen molar-refractivity contribution >= 4 is 17.3 Å². The van der Waals surface area contributed by atoms with Gasteiger partial charge in [0.05, 0.1) is 18.2 Å². The summed E-state index contributed by atoms with van der Waals surface area (Å²) in [4.78, 5) is 24.7. The van der Waals surface area contributed by atoms with Crippen LogP contribution in [-0.2, 0) is 0 Å². The van der Waals surface area contributed by atoms with Crippen molar-refractivity contribution in [1.82, 2.24) is 0 Å². The lowest BCUT2D eigenvalue weighted by Crippen LogP contribution is -2.13. The minimum atomic E-state index is -0.418. The molecule has 0 aliphatic rings. The molecule has 1 aromatic carbocycles. The molecular weight excluding hydrogens is 294 g/mol. The van der Waals surface area contributed by atoms with Crippen molar-refractivity contribution in [2.45, 2.75) is 0 Å². The Morgan fingerprint density at radius 3 is 2.09 bits per heavy atom. The third kappa shape index (κ3) is 3.47. The molecular formula is C18H13NO4. The number of furan rings is 2. The molecule has 2 aromatic heterocycles. The molecule has 5 heteroatoms. The molecule has 0 saturated heterocycles. The van der Waals surface area contributed by atoms with Crippen molar-refractivity contribution in [3.8, 4) is 0 Å². The summed E-state index contributed by atoms with van der Waals surface area (Å²) in [5.41, 5.74) is 0.790. The second-order valence-corrected chi connectivity index (χ2v) is 4.70. The first-order valence-electron chi connectivity index (χ1n) is 6.94. The number of carbonyl (C=O) groups is 2. The van der Waals surface area contributed by atoms with E-state index in [0.29, 0.717) is 5.69 Å². The van der Waals surface area contributed by atoms with Crippen LogP contribution in [0.3, 0.4) is 0 Å². The van der Waals surface area contributed by atoms with Crippen molar-refractivity contribution in [3.63, 3.8) is 0 Å². The maximum atomic E-state index is 12.5. The Balaban J connectivity index is 1.93. The van der Waals surface area contributed by atoms with Crippen LogP contribution in [0.4, 0.5) is 5.69 Å². The van der Waals surface area contributed by atoms with Gasteiger partial charge in [0.25, 0.3) is 0 Å². The molecule has 3 aromatic rings. The van der Waals surface area contributed by atoms with Crippen LogP contribution in [0.1, 0.15) is 21.1 Å². The van der Waals surface area contributed by atoms with Gasteiger partial charge in [-0.1, -0.05) is 18.2 Å².